The molecular weight excluding hydrogens is 1250 g/mol. The Kier molecular flexibility index (Phi) is 65.2. The highest BCUT2D eigenvalue weighted by atomic mass is 31.2. The van der Waals surface area contributed by atoms with E-state index in [2.05, 4.69) is 48.5 Å². The molecule has 0 aromatic heterocycles. The summed E-state index contributed by atoms with van der Waals surface area (Å²) in [6, 6.07) is 0. The second-order valence-electron chi connectivity index (χ2n) is 28.6. The van der Waals surface area contributed by atoms with Crippen LogP contribution in [0.1, 0.15) is 389 Å². The Morgan fingerprint density at radius 2 is 0.537 bits per heavy atom. The number of carbonyl (C=O) groups is 4. The van der Waals surface area contributed by atoms with E-state index in [1.54, 1.807) is 0 Å². The van der Waals surface area contributed by atoms with E-state index < -0.39 is 97.5 Å². The average molecular weight is 1400 g/mol. The predicted molar refractivity (Wildman–Crippen MR) is 386 cm³/mol. The molecule has 0 spiro atoms. The van der Waals surface area contributed by atoms with Crippen molar-refractivity contribution in [3.8, 4) is 0 Å². The lowest BCUT2D eigenvalue weighted by Gasteiger charge is -2.21. The lowest BCUT2D eigenvalue weighted by atomic mass is 9.99. The largest absolute Gasteiger partial charge is 0.472 e. The van der Waals surface area contributed by atoms with Crippen LogP contribution in [0.5, 0.6) is 0 Å². The molecule has 0 saturated carbocycles. The summed E-state index contributed by atoms with van der Waals surface area (Å²) in [6.45, 7) is 11.9. The lowest BCUT2D eigenvalue weighted by Crippen LogP contribution is -2.30. The highest BCUT2D eigenvalue weighted by molar-refractivity contribution is 7.47. The fraction of sp³-hybridized carbons (Fsp3) is 0.947. The molecule has 0 radical (unpaired) electrons. The highest BCUT2D eigenvalue weighted by Crippen LogP contribution is 2.45. The molecule has 0 aliphatic heterocycles. The van der Waals surface area contributed by atoms with Gasteiger partial charge in [-0.25, -0.2) is 9.13 Å². The molecule has 0 bridgehead atoms. The first kappa shape index (κ1) is 93.1. The van der Waals surface area contributed by atoms with Gasteiger partial charge in [0.2, 0.25) is 0 Å². The SMILES string of the molecule is CCCCCCCCCCCCCCCCCC(=O)OC[C@H](COP(=O)(O)OC[C@@H](O)COP(=O)(O)OC[C@@H](COC(=O)CCCCCCCCCC(C)C)OC(=O)CCCCCCCCCCCCC(C)CC)OC(=O)CCCCCCCCCCCCCCCC(C)C. The minimum atomic E-state index is -4.96. The monoisotopic (exact) mass is 1400 g/mol. The quantitative estimate of drug-likeness (QED) is 0.0222. The van der Waals surface area contributed by atoms with Crippen molar-refractivity contribution < 1.29 is 80.2 Å². The Morgan fingerprint density at radius 3 is 0.800 bits per heavy atom. The van der Waals surface area contributed by atoms with E-state index in [1.165, 1.54) is 193 Å². The summed E-state index contributed by atoms with van der Waals surface area (Å²) >= 11 is 0. The molecule has 17 nitrogen and oxygen atoms in total. The third-order valence-corrected chi connectivity index (χ3v) is 19.9. The van der Waals surface area contributed by atoms with Gasteiger partial charge in [0.15, 0.2) is 12.2 Å². The van der Waals surface area contributed by atoms with Crippen LogP contribution in [0.15, 0.2) is 0 Å². The molecule has 0 fully saturated rings. The fourth-order valence-electron chi connectivity index (χ4n) is 11.6. The zero-order valence-electron chi connectivity index (χ0n) is 62.1. The number of carbonyl (C=O) groups excluding carboxylic acids is 4. The summed E-state index contributed by atoms with van der Waals surface area (Å²) in [6.07, 6.45) is 52.6. The van der Waals surface area contributed by atoms with E-state index >= 15 is 0 Å². The van der Waals surface area contributed by atoms with Crippen molar-refractivity contribution in [2.24, 2.45) is 17.8 Å². The Balaban J connectivity index is 5.26. The van der Waals surface area contributed by atoms with E-state index in [9.17, 15) is 43.2 Å². The minimum Gasteiger partial charge on any atom is -0.462 e. The van der Waals surface area contributed by atoms with Crippen LogP contribution < -0.4 is 0 Å². The number of phosphoric acid groups is 2. The molecule has 0 aromatic carbocycles. The van der Waals surface area contributed by atoms with Crippen molar-refractivity contribution >= 4 is 39.5 Å². The van der Waals surface area contributed by atoms with Gasteiger partial charge >= 0.3 is 39.5 Å². The van der Waals surface area contributed by atoms with E-state index in [-0.39, 0.29) is 25.7 Å². The van der Waals surface area contributed by atoms with Crippen molar-refractivity contribution in [2.45, 2.75) is 407 Å². The normalized spacial score (nSPS) is 14.4. The summed E-state index contributed by atoms with van der Waals surface area (Å²) in [4.78, 5) is 72.8. The van der Waals surface area contributed by atoms with Crippen molar-refractivity contribution in [1.82, 2.24) is 0 Å². The Labute approximate surface area is 581 Å². The van der Waals surface area contributed by atoms with Crippen molar-refractivity contribution in [3.05, 3.63) is 0 Å². The molecule has 0 amide bonds. The molecule has 19 heteroatoms. The van der Waals surface area contributed by atoms with Gasteiger partial charge in [-0.3, -0.25) is 37.3 Å². The molecule has 3 unspecified atom stereocenters. The molecule has 0 aliphatic carbocycles. The molecule has 3 N–H and O–H groups in total. The summed E-state index contributed by atoms with van der Waals surface area (Å²) in [7, 11) is -9.91. The van der Waals surface area contributed by atoms with Crippen LogP contribution in [-0.4, -0.2) is 96.7 Å². The van der Waals surface area contributed by atoms with Gasteiger partial charge in [-0.05, 0) is 43.4 Å². The molecular formula is C76H148O17P2. The maximum absolute atomic E-state index is 13.1. The van der Waals surface area contributed by atoms with Crippen LogP contribution >= 0.6 is 15.6 Å². The summed E-state index contributed by atoms with van der Waals surface area (Å²) in [5.74, 6) is 0.177. The Morgan fingerprint density at radius 1 is 0.305 bits per heavy atom. The number of ether oxygens (including phenoxy) is 4. The molecule has 0 aromatic rings. The molecule has 0 aliphatic rings. The fourth-order valence-corrected chi connectivity index (χ4v) is 13.1. The number of phosphoric ester groups is 2. The summed E-state index contributed by atoms with van der Waals surface area (Å²) < 4.78 is 68.5. The van der Waals surface area contributed by atoms with E-state index in [1.807, 2.05) is 0 Å². The van der Waals surface area contributed by atoms with E-state index in [0.29, 0.717) is 31.6 Å². The number of unbranched alkanes of at least 4 members (excludes halogenated alkanes) is 41. The summed E-state index contributed by atoms with van der Waals surface area (Å²) in [5, 5.41) is 10.6. The number of aliphatic hydroxyl groups excluding tert-OH is 1. The van der Waals surface area contributed by atoms with Gasteiger partial charge < -0.3 is 33.8 Å². The molecule has 0 rings (SSSR count). The van der Waals surface area contributed by atoms with Crippen LogP contribution in [0.2, 0.25) is 0 Å². The van der Waals surface area contributed by atoms with Gasteiger partial charge in [-0.15, -0.1) is 0 Å². The van der Waals surface area contributed by atoms with E-state index in [4.69, 9.17) is 37.0 Å². The predicted octanol–water partition coefficient (Wildman–Crippen LogP) is 22.2. The van der Waals surface area contributed by atoms with Crippen LogP contribution in [0, 0.1) is 17.8 Å². The number of hydrogen-bond donors (Lipinski definition) is 3. The smallest absolute Gasteiger partial charge is 0.462 e. The molecule has 564 valence electrons. The molecule has 95 heavy (non-hydrogen) atoms. The maximum Gasteiger partial charge on any atom is 0.472 e. The molecule has 0 heterocycles. The van der Waals surface area contributed by atoms with E-state index in [0.717, 1.165) is 108 Å². The second kappa shape index (κ2) is 66.6. The first-order valence-corrected chi connectivity index (χ1v) is 42.4. The van der Waals surface area contributed by atoms with Gasteiger partial charge in [0.05, 0.1) is 26.4 Å². The van der Waals surface area contributed by atoms with Crippen LogP contribution in [0.25, 0.3) is 0 Å². The number of hydrogen-bond acceptors (Lipinski definition) is 15. The third kappa shape index (κ3) is 69.0. The van der Waals surface area contributed by atoms with Crippen molar-refractivity contribution in [2.75, 3.05) is 39.6 Å². The Hall–Kier alpha value is -1.94. The topological polar surface area (TPSA) is 237 Å². The molecule has 0 saturated heterocycles. The zero-order chi connectivity index (χ0) is 70.1. The average Bonchev–Trinajstić information content (AvgIpc) is 1.85. The zero-order valence-corrected chi connectivity index (χ0v) is 63.9. The van der Waals surface area contributed by atoms with Gasteiger partial charge in [0.25, 0.3) is 0 Å². The minimum absolute atomic E-state index is 0.105. The molecule has 6 atom stereocenters. The van der Waals surface area contributed by atoms with Crippen LogP contribution in [0.4, 0.5) is 0 Å². The summed E-state index contributed by atoms with van der Waals surface area (Å²) in [5.41, 5.74) is 0. The van der Waals surface area contributed by atoms with Crippen LogP contribution in [0.3, 0.4) is 0 Å². The second-order valence-corrected chi connectivity index (χ2v) is 31.5. The number of rotatable bonds is 74. The van der Waals surface area contributed by atoms with Gasteiger partial charge in [0, 0.05) is 25.7 Å². The Bertz CT molecular complexity index is 1850. The van der Waals surface area contributed by atoms with Gasteiger partial charge in [-0.1, -0.05) is 337 Å². The van der Waals surface area contributed by atoms with Gasteiger partial charge in [-0.2, -0.15) is 0 Å². The lowest BCUT2D eigenvalue weighted by molar-refractivity contribution is -0.161. The highest BCUT2D eigenvalue weighted by Gasteiger charge is 2.30. The van der Waals surface area contributed by atoms with Crippen LogP contribution in [-0.2, 0) is 65.4 Å². The number of esters is 4. The maximum atomic E-state index is 13.1. The number of aliphatic hydroxyl groups is 1. The first-order valence-electron chi connectivity index (χ1n) is 39.4. The van der Waals surface area contributed by atoms with Crippen molar-refractivity contribution in [3.63, 3.8) is 0 Å². The third-order valence-electron chi connectivity index (χ3n) is 18.0. The van der Waals surface area contributed by atoms with Gasteiger partial charge in [0.1, 0.15) is 19.3 Å². The van der Waals surface area contributed by atoms with Crippen molar-refractivity contribution in [1.29, 1.82) is 0 Å². The first-order chi connectivity index (χ1) is 45.8. The standard InChI is InChI=1S/C76H148O17P2/c1-8-10-11-12-13-14-15-16-17-20-23-29-36-43-50-57-73(78)86-63-71(92-75(80)59-52-45-37-30-24-21-18-19-22-27-33-40-47-54-67(3)4)65-90-94(82,83)88-61-70(77)62-89-95(84,85)91-66-72(64-87-74(79)58-51-44-39-32-34-41-48-55-68(5)6)93-76(81)60-53-46-38-31-26-25-28-35-42-49-56-69(7)9-2/h67-72,77H,8-66H2,1-7H3,(H,82,83)(H,84,85)/t69?,70-,71-,72-/m1/s1.